The van der Waals surface area contributed by atoms with Gasteiger partial charge in [-0.05, 0) is 59.7 Å². The zero-order valence-electron chi connectivity index (χ0n) is 14.7. The van der Waals surface area contributed by atoms with Crippen LogP contribution in [-0.2, 0) is 4.79 Å². The molecular formula is C21H20N2O3. The molecule has 0 unspecified atom stereocenters. The number of methoxy groups -OCH3 is 1. The summed E-state index contributed by atoms with van der Waals surface area (Å²) in [5.41, 5.74) is 4.11. The number of benzene rings is 3. The summed E-state index contributed by atoms with van der Waals surface area (Å²) < 4.78 is 10.7. The van der Waals surface area contributed by atoms with Gasteiger partial charge in [-0.3, -0.25) is 4.79 Å². The van der Waals surface area contributed by atoms with E-state index in [1.54, 1.807) is 7.11 Å². The molecule has 1 N–H and O–H groups in total. The Morgan fingerprint density at radius 1 is 0.962 bits per heavy atom. The van der Waals surface area contributed by atoms with Crippen LogP contribution in [-0.4, -0.2) is 25.3 Å². The summed E-state index contributed by atoms with van der Waals surface area (Å²) in [6, 6.07) is 21.2. The molecule has 0 aliphatic rings. The van der Waals surface area contributed by atoms with Gasteiger partial charge in [-0.15, -0.1) is 0 Å². The van der Waals surface area contributed by atoms with Crippen molar-refractivity contribution < 1.29 is 14.3 Å². The number of rotatable bonds is 6. The van der Waals surface area contributed by atoms with Gasteiger partial charge in [0, 0.05) is 0 Å². The van der Waals surface area contributed by atoms with Gasteiger partial charge in [0.2, 0.25) is 0 Å². The Labute approximate surface area is 152 Å². The molecule has 0 heterocycles. The number of fused-ring (bicyclic) bond motifs is 1. The molecule has 5 heteroatoms. The summed E-state index contributed by atoms with van der Waals surface area (Å²) in [6.45, 7) is 1.73. The largest absolute Gasteiger partial charge is 0.497 e. The van der Waals surface area contributed by atoms with Gasteiger partial charge in [0.25, 0.3) is 5.91 Å². The average Bonchev–Trinajstić information content (AvgIpc) is 2.70. The highest BCUT2D eigenvalue weighted by atomic mass is 16.5. The van der Waals surface area contributed by atoms with Gasteiger partial charge in [-0.1, -0.05) is 30.3 Å². The van der Waals surface area contributed by atoms with Crippen LogP contribution in [0.25, 0.3) is 10.8 Å². The first kappa shape index (κ1) is 17.5. The Morgan fingerprint density at radius 3 is 2.38 bits per heavy atom. The van der Waals surface area contributed by atoms with Crippen molar-refractivity contribution in [1.29, 1.82) is 0 Å². The lowest BCUT2D eigenvalue weighted by Gasteiger charge is -2.07. The van der Waals surface area contributed by atoms with Gasteiger partial charge in [0.05, 0.1) is 12.8 Å². The van der Waals surface area contributed by atoms with E-state index >= 15 is 0 Å². The van der Waals surface area contributed by atoms with Crippen molar-refractivity contribution in [2.45, 2.75) is 6.92 Å². The molecule has 26 heavy (non-hydrogen) atoms. The van der Waals surface area contributed by atoms with Crippen LogP contribution in [0.2, 0.25) is 0 Å². The second-order valence-corrected chi connectivity index (χ2v) is 5.76. The summed E-state index contributed by atoms with van der Waals surface area (Å²) in [7, 11) is 1.62. The maximum atomic E-state index is 12.0. The summed E-state index contributed by atoms with van der Waals surface area (Å²) in [6.07, 6.45) is 0. The second-order valence-electron chi connectivity index (χ2n) is 5.76. The van der Waals surface area contributed by atoms with Gasteiger partial charge in [0.1, 0.15) is 11.5 Å². The molecule has 0 saturated heterocycles. The van der Waals surface area contributed by atoms with Crippen molar-refractivity contribution in [2.24, 2.45) is 5.10 Å². The minimum Gasteiger partial charge on any atom is -0.497 e. The van der Waals surface area contributed by atoms with Crippen molar-refractivity contribution in [3.8, 4) is 11.5 Å². The molecule has 3 aromatic rings. The number of nitrogens with one attached hydrogen (secondary N) is 1. The highest BCUT2D eigenvalue weighted by molar-refractivity contribution is 5.99. The summed E-state index contributed by atoms with van der Waals surface area (Å²) in [4.78, 5) is 12.0. The number of carbonyl (C=O) groups is 1. The third-order valence-corrected chi connectivity index (χ3v) is 3.95. The lowest BCUT2D eigenvalue weighted by molar-refractivity contribution is -0.123. The van der Waals surface area contributed by atoms with Crippen molar-refractivity contribution in [1.82, 2.24) is 5.43 Å². The molecule has 0 aromatic heterocycles. The lowest BCUT2D eigenvalue weighted by atomic mass is 10.1. The van der Waals surface area contributed by atoms with E-state index < -0.39 is 0 Å². The highest BCUT2D eigenvalue weighted by Crippen LogP contribution is 2.20. The minimum atomic E-state index is -0.314. The van der Waals surface area contributed by atoms with Crippen LogP contribution < -0.4 is 14.9 Å². The van der Waals surface area contributed by atoms with Crippen molar-refractivity contribution in [3.63, 3.8) is 0 Å². The van der Waals surface area contributed by atoms with E-state index in [2.05, 4.69) is 10.5 Å². The molecule has 132 valence electrons. The number of amides is 1. The van der Waals surface area contributed by atoms with E-state index in [-0.39, 0.29) is 12.5 Å². The molecule has 5 nitrogen and oxygen atoms in total. The quantitative estimate of drug-likeness (QED) is 0.545. The predicted molar refractivity (Wildman–Crippen MR) is 103 cm³/mol. The zero-order valence-corrected chi connectivity index (χ0v) is 14.7. The number of hydrazone groups is 1. The van der Waals surface area contributed by atoms with Gasteiger partial charge in [0.15, 0.2) is 6.61 Å². The maximum absolute atomic E-state index is 12.0. The number of hydrogen-bond acceptors (Lipinski definition) is 4. The number of carbonyl (C=O) groups excluding carboxylic acids is 1. The molecule has 0 radical (unpaired) electrons. The molecule has 3 aromatic carbocycles. The fourth-order valence-corrected chi connectivity index (χ4v) is 2.48. The van der Waals surface area contributed by atoms with Crippen molar-refractivity contribution in [3.05, 3.63) is 72.3 Å². The van der Waals surface area contributed by atoms with E-state index in [9.17, 15) is 4.79 Å². The van der Waals surface area contributed by atoms with Gasteiger partial charge in [-0.25, -0.2) is 5.43 Å². The Kier molecular flexibility index (Phi) is 5.49. The normalized spacial score (nSPS) is 11.2. The lowest BCUT2D eigenvalue weighted by Crippen LogP contribution is -2.25. The van der Waals surface area contributed by atoms with Crippen LogP contribution >= 0.6 is 0 Å². The molecule has 0 aliphatic heterocycles. The van der Waals surface area contributed by atoms with Gasteiger partial charge < -0.3 is 9.47 Å². The van der Waals surface area contributed by atoms with Crippen LogP contribution in [0.4, 0.5) is 0 Å². The van der Waals surface area contributed by atoms with Crippen molar-refractivity contribution >= 4 is 22.4 Å². The third kappa shape index (κ3) is 4.39. The zero-order chi connectivity index (χ0) is 18.4. The average molecular weight is 348 g/mol. The van der Waals surface area contributed by atoms with Crippen LogP contribution in [0.15, 0.2) is 71.8 Å². The molecule has 0 spiro atoms. The Bertz CT molecular complexity index is 933. The number of ether oxygens (including phenoxy) is 2. The molecule has 1 amide bonds. The van der Waals surface area contributed by atoms with Crippen LogP contribution in [0.5, 0.6) is 11.5 Å². The van der Waals surface area contributed by atoms with E-state index in [1.807, 2.05) is 73.7 Å². The van der Waals surface area contributed by atoms with E-state index in [0.29, 0.717) is 11.5 Å². The Balaban J connectivity index is 1.55. The van der Waals surface area contributed by atoms with Crippen LogP contribution in [0.1, 0.15) is 12.5 Å². The van der Waals surface area contributed by atoms with Gasteiger partial charge >= 0.3 is 0 Å². The summed E-state index contributed by atoms with van der Waals surface area (Å²) >= 11 is 0. The SMILES string of the molecule is COc1ccc(/C(C)=N/NC(=O)COc2ccc3ccccc3c2)cc1. The molecule has 0 atom stereocenters. The molecule has 0 saturated carbocycles. The van der Waals surface area contributed by atoms with E-state index in [0.717, 1.165) is 22.1 Å². The summed E-state index contributed by atoms with van der Waals surface area (Å²) in [5.74, 6) is 1.11. The molecule has 0 aliphatic carbocycles. The Morgan fingerprint density at radius 2 is 1.65 bits per heavy atom. The number of nitrogens with zero attached hydrogens (tertiary/aromatic N) is 1. The molecule has 0 bridgehead atoms. The minimum absolute atomic E-state index is 0.0995. The first-order chi connectivity index (χ1) is 12.7. The monoisotopic (exact) mass is 348 g/mol. The standard InChI is InChI=1S/C21H20N2O3/c1-15(16-7-10-19(25-2)11-8-16)22-23-21(24)14-26-20-12-9-17-5-3-4-6-18(17)13-20/h3-13H,14H2,1-2H3,(H,23,24)/b22-15+. The van der Waals surface area contributed by atoms with Crippen molar-refractivity contribution in [2.75, 3.05) is 13.7 Å². The maximum Gasteiger partial charge on any atom is 0.277 e. The second kappa shape index (κ2) is 8.16. The first-order valence-electron chi connectivity index (χ1n) is 8.25. The van der Waals surface area contributed by atoms with E-state index in [4.69, 9.17) is 9.47 Å². The molecule has 0 fully saturated rings. The first-order valence-corrected chi connectivity index (χ1v) is 8.25. The fraction of sp³-hybridized carbons (Fsp3) is 0.143. The topological polar surface area (TPSA) is 59.9 Å². The van der Waals surface area contributed by atoms with Crippen LogP contribution in [0, 0.1) is 0 Å². The highest BCUT2D eigenvalue weighted by Gasteiger charge is 2.04. The van der Waals surface area contributed by atoms with Crippen LogP contribution in [0.3, 0.4) is 0 Å². The molecule has 3 rings (SSSR count). The van der Waals surface area contributed by atoms with E-state index in [1.165, 1.54) is 0 Å². The fourth-order valence-electron chi connectivity index (χ4n) is 2.48. The number of hydrogen-bond donors (Lipinski definition) is 1. The predicted octanol–water partition coefficient (Wildman–Crippen LogP) is 3.77. The Hall–Kier alpha value is -3.34. The smallest absolute Gasteiger partial charge is 0.277 e. The van der Waals surface area contributed by atoms with Gasteiger partial charge in [-0.2, -0.15) is 5.10 Å². The molecular weight excluding hydrogens is 328 g/mol. The third-order valence-electron chi connectivity index (χ3n) is 3.95. The summed E-state index contributed by atoms with van der Waals surface area (Å²) in [5, 5.41) is 6.31.